The Morgan fingerprint density at radius 1 is 0.467 bits per heavy atom. The van der Waals surface area contributed by atoms with Gasteiger partial charge < -0.3 is 49.8 Å². The van der Waals surface area contributed by atoms with E-state index in [1.807, 2.05) is 31.2 Å². The molecule has 0 spiro atoms. The van der Waals surface area contributed by atoms with Crippen LogP contribution in [-0.4, -0.2) is 247 Å². The number of carboxylic acid groups (broad SMARTS) is 5. The molecule has 0 saturated carbocycles. The van der Waals surface area contributed by atoms with Crippen LogP contribution in [0.15, 0.2) is 138 Å². The molecule has 7 amide bonds. The molecule has 7 fully saturated rings. The number of aliphatic carboxylic acids is 4. The maximum Gasteiger partial charge on any atom is 0.346 e. The second-order valence-electron chi connectivity index (χ2n) is 22.7. The molecule has 9 rings (SSSR count). The molecule has 2 aromatic rings. The predicted octanol–water partition coefficient (Wildman–Crippen LogP) is 10.4. The van der Waals surface area contributed by atoms with E-state index in [1.165, 1.54) is 84.1 Å². The van der Waals surface area contributed by atoms with Gasteiger partial charge in [0.05, 0.1) is 65.2 Å². The summed E-state index contributed by atoms with van der Waals surface area (Å²) in [5.41, 5.74) is 2.23. The molecular formula is C69H74N8O27P2S14. The highest BCUT2D eigenvalue weighted by molar-refractivity contribution is 8.28. The molecule has 10 N–H and O–H groups in total. The Balaban J connectivity index is 0.000000466. The summed E-state index contributed by atoms with van der Waals surface area (Å²) in [6, 6.07) is 15.0. The maximum absolute atomic E-state index is 12.0. The number of carbonyl (C=O) groups excluding carboxylic acids is 7. The SMILES string of the molecule is C/C=C1/OC(=S)N(CC(=O)O)C1=O.C/C=C1/SC(=S)N(CC(=O)O)C1=O.C/C=C1/SC(=S)N(CCC(=O)O)C1=O.C/C=C1/SC(=S)N(CCCP(=O)(O)O)C1=O.C/C=C1/SC(=S)N(CCP(=O)(O)O)C1=O.C/C=C1/SC(=S)N(CCS(=O)(=O)O)C1=O.C/C=C1/SC(=S)N(c2ccc(C(=O)O)cc2)C1=O.CC=Cc1ccc(C=C(C#N)C(=O)O)cc1. The van der Waals surface area contributed by atoms with Gasteiger partial charge in [-0.05, 0) is 122 Å². The van der Waals surface area contributed by atoms with Crippen molar-refractivity contribution in [2.24, 2.45) is 0 Å². The first-order valence-electron chi connectivity index (χ1n) is 33.5. The number of anilines is 1. The summed E-state index contributed by atoms with van der Waals surface area (Å²) in [6.45, 7) is 13.4. The third-order valence-electron chi connectivity index (χ3n) is 14.4. The van der Waals surface area contributed by atoms with Crippen molar-refractivity contribution in [2.45, 2.75) is 68.2 Å². The summed E-state index contributed by atoms with van der Waals surface area (Å²) >= 11 is 41.5. The number of thiocarbonyl (C=S) groups is 7. The van der Waals surface area contributed by atoms with Crippen LogP contribution in [0, 0.1) is 11.3 Å². The number of hydrogen-bond donors (Lipinski definition) is 10. The fraction of sp³-hybridized carbons (Fsp3) is 0.275. The summed E-state index contributed by atoms with van der Waals surface area (Å²) in [5, 5.41) is 51.3. The van der Waals surface area contributed by atoms with Crippen molar-refractivity contribution in [3.63, 3.8) is 0 Å². The third kappa shape index (κ3) is 35.8. The molecule has 51 heteroatoms. The first-order chi connectivity index (χ1) is 55.9. The van der Waals surface area contributed by atoms with Gasteiger partial charge >= 0.3 is 45.0 Å². The average molecular weight is 1960 g/mol. The number of aromatic carboxylic acids is 1. The smallest absolute Gasteiger partial charge is 0.346 e. The lowest BCUT2D eigenvalue weighted by atomic mass is 10.1. The number of thioether (sulfide) groups is 6. The van der Waals surface area contributed by atoms with Gasteiger partial charge in [0.2, 0.25) is 0 Å². The topological polar surface area (TPSA) is 531 Å². The normalized spacial score (nSPS) is 18.5. The molecule has 7 aliphatic rings. The molecule has 0 unspecified atom stereocenters. The molecule has 646 valence electrons. The highest BCUT2D eigenvalue weighted by Crippen LogP contribution is 2.40. The molecule has 120 heavy (non-hydrogen) atoms. The average Bonchev–Trinajstić information content (AvgIpc) is 1.65. The van der Waals surface area contributed by atoms with Gasteiger partial charge in [-0.2, -0.15) is 13.7 Å². The summed E-state index contributed by atoms with van der Waals surface area (Å²) in [6.07, 6.45) is 16.2. The van der Waals surface area contributed by atoms with Gasteiger partial charge in [-0.25, -0.2) is 9.59 Å². The van der Waals surface area contributed by atoms with E-state index < -0.39 is 73.4 Å². The molecule has 0 bridgehead atoms. The third-order valence-corrected chi connectivity index (χ3v) is 25.9. The zero-order valence-corrected chi connectivity index (χ0v) is 77.0. The Morgan fingerprint density at radius 3 is 1.17 bits per heavy atom. The number of allylic oxidation sites excluding steroid dienone is 8. The Labute approximate surface area is 750 Å². The van der Waals surface area contributed by atoms with Crippen molar-refractivity contribution in [1.29, 1.82) is 5.26 Å². The predicted molar refractivity (Wildman–Crippen MR) is 487 cm³/mol. The van der Waals surface area contributed by atoms with E-state index in [4.69, 9.17) is 133 Å². The number of amides is 7. The Morgan fingerprint density at radius 2 is 0.833 bits per heavy atom. The fourth-order valence-electron chi connectivity index (χ4n) is 8.68. The lowest BCUT2D eigenvalue weighted by Gasteiger charge is -2.14. The fourth-order valence-corrected chi connectivity index (χ4v) is 17.7. The number of benzene rings is 2. The minimum atomic E-state index is -4.08. The first-order valence-corrected chi connectivity index (χ1v) is 46.4. The molecule has 0 radical (unpaired) electrons. The number of ether oxygens (including phenoxy) is 1. The molecular weight excluding hydrogens is 1880 g/mol. The number of carbonyl (C=O) groups is 12. The maximum atomic E-state index is 12.0. The minimum absolute atomic E-state index is 0.0354. The van der Waals surface area contributed by atoms with Crippen LogP contribution in [0.1, 0.15) is 89.7 Å². The number of rotatable bonds is 22. The van der Waals surface area contributed by atoms with Gasteiger partial charge in [0.1, 0.15) is 46.3 Å². The van der Waals surface area contributed by atoms with Crippen LogP contribution >= 0.6 is 171 Å². The van der Waals surface area contributed by atoms with E-state index in [0.717, 1.165) is 50.6 Å². The Hall–Kier alpha value is -8.03. The largest absolute Gasteiger partial charge is 0.481 e. The summed E-state index contributed by atoms with van der Waals surface area (Å²) in [7, 11) is -12.1. The Kier molecular flexibility index (Phi) is 46.6. The molecule has 0 aliphatic carbocycles. The Bertz CT molecular complexity index is 4950. The van der Waals surface area contributed by atoms with E-state index in [9.17, 15) is 75.1 Å². The monoisotopic (exact) mass is 1960 g/mol. The van der Waals surface area contributed by atoms with Crippen LogP contribution in [0.25, 0.3) is 12.2 Å². The van der Waals surface area contributed by atoms with Crippen LogP contribution in [0.4, 0.5) is 5.69 Å². The lowest BCUT2D eigenvalue weighted by Crippen LogP contribution is -2.33. The van der Waals surface area contributed by atoms with Gasteiger partial charge in [0.25, 0.3) is 56.6 Å². The van der Waals surface area contributed by atoms with Crippen LogP contribution in [-0.2, 0) is 76.7 Å². The number of nitrogens with zero attached hydrogens (tertiary/aromatic N) is 8. The van der Waals surface area contributed by atoms with Crippen molar-refractivity contribution < 1.29 is 129 Å². The van der Waals surface area contributed by atoms with Gasteiger partial charge in [0, 0.05) is 26.2 Å². The van der Waals surface area contributed by atoms with Crippen molar-refractivity contribution in [1.82, 2.24) is 29.4 Å². The molecule has 7 aliphatic heterocycles. The quantitative estimate of drug-likeness (QED) is 0.0172. The van der Waals surface area contributed by atoms with E-state index >= 15 is 0 Å². The summed E-state index contributed by atoms with van der Waals surface area (Å²) in [5.74, 6) is -7.71. The van der Waals surface area contributed by atoms with Crippen molar-refractivity contribution >= 4 is 302 Å². The van der Waals surface area contributed by atoms with Gasteiger partial charge in [0.15, 0.2) is 10.1 Å². The highest BCUT2D eigenvalue weighted by atomic mass is 32.2. The van der Waals surface area contributed by atoms with Gasteiger partial charge in [-0.15, -0.1) is 0 Å². The number of carboxylic acids is 5. The van der Waals surface area contributed by atoms with E-state index in [0.29, 0.717) is 66.6 Å². The van der Waals surface area contributed by atoms with Crippen LogP contribution in [0.2, 0.25) is 0 Å². The molecule has 0 atom stereocenters. The van der Waals surface area contributed by atoms with Crippen LogP contribution in [0.5, 0.6) is 0 Å². The van der Waals surface area contributed by atoms with E-state index in [-0.39, 0.29) is 115 Å². The van der Waals surface area contributed by atoms with E-state index in [1.54, 1.807) is 115 Å². The second-order valence-corrected chi connectivity index (χ2v) is 38.3. The van der Waals surface area contributed by atoms with Gasteiger partial charge in [-0.1, -0.05) is 217 Å². The second kappa shape index (κ2) is 51.8. The summed E-state index contributed by atoms with van der Waals surface area (Å²) in [4.78, 5) is 180. The standard InChI is InChI=1S/C13H11NO2.C12H9NO3S2.C8H12NO4PS2.C8H9NO3S2.C7H10NO4PS2.C7H9NO4S3.C7H7NO4S.C7H7NO3S2/c1-2-3-10-4-6-11(7-5-10)8-12(9-14)13(15)16;1-2-9-10(14)13(12(17)18-9)8-5-3-7(4-6-8)11(15)16;1-2-6-7(10)9(8(15)16-6)4-3-5-14(11,12)13;1-2-5-7(12)9(8(13)14-5)4-3-6(10)11;1-2-5-6(9)8(7(14)15-5)3-4-13(10,11)12;1-2-5-6(9)8(7(13)14-5)3-4-15(10,11)12;1-2-4-6(11)8(3-5(9)10)7(13)12-4;1-2-4-6(11)8(3-5(9)10)7(12)13-4/h2-8H,1H3,(H,15,16);2-6H,1H3,(H,15,16);2H,3-5H2,1H3,(H2,11,12,13);2H,3-4H2,1H3,(H,10,11);2H,3-4H2,1H3,(H2,10,11,12);2H,3-4H2,1H3,(H,10,11,12);2*2H,3H2,1H3,(H,9,10)/b;9-2+;6-2+;3*5-2+;2*4-2+. The molecule has 0 aromatic heterocycles. The van der Waals surface area contributed by atoms with E-state index in [2.05, 4.69) is 12.2 Å². The number of nitriles is 1. The lowest BCUT2D eigenvalue weighted by molar-refractivity contribution is -0.140. The van der Waals surface area contributed by atoms with Crippen molar-refractivity contribution in [3.8, 4) is 6.07 Å². The first kappa shape index (κ1) is 108. The highest BCUT2D eigenvalue weighted by Gasteiger charge is 2.38. The van der Waals surface area contributed by atoms with Crippen LogP contribution < -0.4 is 4.90 Å². The van der Waals surface area contributed by atoms with Crippen LogP contribution in [0.3, 0.4) is 0 Å². The number of hydrogen-bond acceptors (Lipinski definition) is 31. The molecule has 35 nitrogen and oxygen atoms in total. The van der Waals surface area contributed by atoms with Crippen molar-refractivity contribution in [2.75, 3.05) is 62.2 Å². The molecule has 2 aromatic carbocycles. The molecule has 7 heterocycles. The molecule has 7 saturated heterocycles. The summed E-state index contributed by atoms with van der Waals surface area (Å²) < 4.78 is 58.0. The van der Waals surface area contributed by atoms with Gasteiger partial charge in [-0.3, -0.25) is 95.9 Å². The van der Waals surface area contributed by atoms with Crippen molar-refractivity contribution in [3.05, 3.63) is 155 Å². The zero-order chi connectivity index (χ0) is 91.6. The zero-order valence-electron chi connectivity index (χ0n) is 63.8. The minimum Gasteiger partial charge on any atom is -0.481 e.